The first kappa shape index (κ1) is 28.7. The fourth-order valence-corrected chi connectivity index (χ4v) is 6.76. The standard InChI is InChI=1S/C17H26I3N7O4/c1-6(28)15(29)27-14-12(19)9(16(30)25-7(2-21)3-22)11(18)10(13(14)20)17(31)26-8(4-23)5-24/h6-8,28H,2-5,21-24H2,1H3,(H,25,30)(H,26,31)(H,27,29). The summed E-state index contributed by atoms with van der Waals surface area (Å²) in [7, 11) is 0. The Balaban J connectivity index is 3.66. The first-order valence-corrected chi connectivity index (χ1v) is 12.4. The second-order valence-corrected chi connectivity index (χ2v) is 9.75. The molecule has 0 fully saturated rings. The third-order valence-electron chi connectivity index (χ3n) is 4.21. The van der Waals surface area contributed by atoms with Crippen molar-refractivity contribution in [1.82, 2.24) is 10.6 Å². The minimum Gasteiger partial charge on any atom is -0.384 e. The van der Waals surface area contributed by atoms with Gasteiger partial charge in [0.2, 0.25) is 0 Å². The van der Waals surface area contributed by atoms with Gasteiger partial charge in [-0.1, -0.05) is 0 Å². The minimum atomic E-state index is -1.29. The Morgan fingerprint density at radius 2 is 1.16 bits per heavy atom. The number of nitrogens with one attached hydrogen (secondary N) is 3. The Hall–Kier alpha value is -0.380. The Morgan fingerprint density at radius 3 is 1.45 bits per heavy atom. The van der Waals surface area contributed by atoms with E-state index in [4.69, 9.17) is 22.9 Å². The number of nitrogens with two attached hydrogens (primary N) is 4. The van der Waals surface area contributed by atoms with Gasteiger partial charge in [-0.25, -0.2) is 0 Å². The van der Waals surface area contributed by atoms with E-state index in [9.17, 15) is 19.5 Å². The number of benzene rings is 1. The van der Waals surface area contributed by atoms with E-state index in [1.807, 2.05) is 67.8 Å². The van der Waals surface area contributed by atoms with Crippen LogP contribution < -0.4 is 38.9 Å². The van der Waals surface area contributed by atoms with Crippen LogP contribution in [0.25, 0.3) is 0 Å². The summed E-state index contributed by atoms with van der Waals surface area (Å²) in [5, 5.41) is 17.7. The molecule has 0 aromatic heterocycles. The minimum absolute atomic E-state index is 0.132. The van der Waals surface area contributed by atoms with Crippen LogP contribution in [0.5, 0.6) is 0 Å². The Morgan fingerprint density at radius 1 is 0.806 bits per heavy atom. The molecule has 0 spiro atoms. The molecule has 31 heavy (non-hydrogen) atoms. The largest absolute Gasteiger partial charge is 0.384 e. The molecule has 0 saturated carbocycles. The molecule has 0 radical (unpaired) electrons. The van der Waals surface area contributed by atoms with Gasteiger partial charge in [0.1, 0.15) is 6.10 Å². The zero-order chi connectivity index (χ0) is 23.9. The Labute approximate surface area is 221 Å². The van der Waals surface area contributed by atoms with Crippen molar-refractivity contribution in [2.24, 2.45) is 22.9 Å². The Kier molecular flexibility index (Phi) is 12.3. The van der Waals surface area contributed by atoms with Gasteiger partial charge >= 0.3 is 0 Å². The van der Waals surface area contributed by atoms with Gasteiger partial charge in [0.15, 0.2) is 0 Å². The topological polar surface area (TPSA) is 212 Å². The van der Waals surface area contributed by atoms with Crippen LogP contribution in [0.1, 0.15) is 27.6 Å². The van der Waals surface area contributed by atoms with Gasteiger partial charge in [-0.3, -0.25) is 14.4 Å². The monoisotopic (exact) mass is 773 g/mol. The summed E-state index contributed by atoms with van der Waals surface area (Å²) < 4.78 is 1.17. The molecule has 0 heterocycles. The molecule has 1 aromatic carbocycles. The highest BCUT2D eigenvalue weighted by atomic mass is 127. The molecule has 174 valence electrons. The first-order chi connectivity index (χ1) is 14.5. The molecule has 0 bridgehead atoms. The van der Waals surface area contributed by atoms with E-state index in [1.54, 1.807) is 0 Å². The normalized spacial score (nSPS) is 12.1. The van der Waals surface area contributed by atoms with E-state index in [-0.39, 0.29) is 43.0 Å². The fraction of sp³-hybridized carbons (Fsp3) is 0.471. The number of hydrogen-bond donors (Lipinski definition) is 8. The number of halogens is 3. The summed E-state index contributed by atoms with van der Waals surface area (Å²) in [6.45, 7) is 1.84. The van der Waals surface area contributed by atoms with Crippen LogP contribution >= 0.6 is 67.8 Å². The van der Waals surface area contributed by atoms with Gasteiger partial charge < -0.3 is 44.0 Å². The van der Waals surface area contributed by atoms with Gasteiger partial charge in [-0.05, 0) is 74.7 Å². The summed E-state index contributed by atoms with van der Waals surface area (Å²) in [5.41, 5.74) is 23.1. The van der Waals surface area contributed by atoms with Gasteiger partial charge in [0.25, 0.3) is 17.7 Å². The third-order valence-corrected chi connectivity index (χ3v) is 7.44. The van der Waals surface area contributed by atoms with Crippen LogP contribution in [-0.2, 0) is 4.79 Å². The van der Waals surface area contributed by atoms with Crippen molar-refractivity contribution < 1.29 is 19.5 Å². The van der Waals surface area contributed by atoms with Crippen LogP contribution in [0.15, 0.2) is 0 Å². The van der Waals surface area contributed by atoms with Crippen molar-refractivity contribution >= 4 is 91.2 Å². The van der Waals surface area contributed by atoms with Gasteiger partial charge in [0.05, 0.1) is 36.0 Å². The summed E-state index contributed by atoms with van der Waals surface area (Å²) in [4.78, 5) is 38.2. The number of aliphatic hydroxyl groups is 1. The average molecular weight is 773 g/mol. The predicted molar refractivity (Wildman–Crippen MR) is 144 cm³/mol. The number of carbonyl (C=O) groups excluding carboxylic acids is 3. The lowest BCUT2D eigenvalue weighted by Gasteiger charge is -2.22. The smallest absolute Gasteiger partial charge is 0.253 e. The lowest BCUT2D eigenvalue weighted by Crippen LogP contribution is -2.46. The maximum absolute atomic E-state index is 13.0. The summed E-state index contributed by atoms with van der Waals surface area (Å²) >= 11 is 5.74. The molecule has 12 N–H and O–H groups in total. The van der Waals surface area contributed by atoms with Crippen molar-refractivity contribution in [3.8, 4) is 0 Å². The molecule has 0 aliphatic rings. The molecular weight excluding hydrogens is 747 g/mol. The van der Waals surface area contributed by atoms with Crippen molar-refractivity contribution in [1.29, 1.82) is 0 Å². The molecule has 0 aliphatic heterocycles. The highest BCUT2D eigenvalue weighted by Gasteiger charge is 2.30. The molecule has 0 aliphatic carbocycles. The summed E-state index contributed by atoms with van der Waals surface area (Å²) in [6.07, 6.45) is -1.29. The molecule has 1 aromatic rings. The average Bonchev–Trinajstić information content (AvgIpc) is 2.72. The van der Waals surface area contributed by atoms with Crippen molar-refractivity contribution in [3.05, 3.63) is 21.8 Å². The number of rotatable bonds is 10. The second kappa shape index (κ2) is 13.4. The maximum atomic E-state index is 13.0. The van der Waals surface area contributed by atoms with Crippen LogP contribution in [0.2, 0.25) is 0 Å². The van der Waals surface area contributed by atoms with Gasteiger partial charge in [-0.15, -0.1) is 0 Å². The summed E-state index contributed by atoms with van der Waals surface area (Å²) in [5.74, 6) is -1.68. The molecule has 3 amide bonds. The second-order valence-electron chi connectivity index (χ2n) is 6.52. The van der Waals surface area contributed by atoms with E-state index >= 15 is 0 Å². The first-order valence-electron chi connectivity index (χ1n) is 9.15. The van der Waals surface area contributed by atoms with E-state index in [0.717, 1.165) is 0 Å². The van der Waals surface area contributed by atoms with Gasteiger partial charge in [-0.2, -0.15) is 0 Å². The number of carbonyl (C=O) groups is 3. The predicted octanol–water partition coefficient (Wildman–Crippen LogP) is -1.15. The number of amides is 3. The van der Waals surface area contributed by atoms with E-state index in [1.165, 1.54) is 6.92 Å². The molecule has 11 nitrogen and oxygen atoms in total. The van der Waals surface area contributed by atoms with Crippen molar-refractivity contribution in [2.75, 3.05) is 31.5 Å². The molecule has 1 atom stereocenters. The quantitative estimate of drug-likeness (QED) is 0.136. The molecular formula is C17H26I3N7O4. The lowest BCUT2D eigenvalue weighted by atomic mass is 10.1. The molecule has 14 heteroatoms. The van der Waals surface area contributed by atoms with Crippen LogP contribution in [0.4, 0.5) is 5.69 Å². The number of aliphatic hydroxyl groups excluding tert-OH is 1. The number of anilines is 1. The maximum Gasteiger partial charge on any atom is 0.253 e. The highest BCUT2D eigenvalue weighted by molar-refractivity contribution is 14.1. The van der Waals surface area contributed by atoms with E-state index in [2.05, 4.69) is 16.0 Å². The molecule has 0 saturated heterocycles. The van der Waals surface area contributed by atoms with Crippen LogP contribution in [-0.4, -0.2) is 67.2 Å². The van der Waals surface area contributed by atoms with Crippen molar-refractivity contribution in [3.63, 3.8) is 0 Å². The zero-order valence-electron chi connectivity index (χ0n) is 16.7. The van der Waals surface area contributed by atoms with E-state index in [0.29, 0.717) is 10.7 Å². The van der Waals surface area contributed by atoms with Crippen LogP contribution in [0.3, 0.4) is 0 Å². The lowest BCUT2D eigenvalue weighted by molar-refractivity contribution is -0.123. The Bertz CT molecular complexity index is 777. The van der Waals surface area contributed by atoms with Gasteiger partial charge in [0, 0.05) is 29.7 Å². The third kappa shape index (κ3) is 7.30. The highest BCUT2D eigenvalue weighted by Crippen LogP contribution is 2.36. The zero-order valence-corrected chi connectivity index (χ0v) is 23.1. The SMILES string of the molecule is CC(O)C(=O)Nc1c(I)c(C(=O)NC(CN)CN)c(I)c(C(=O)NC(CN)CN)c1I. The number of hydrogen-bond acceptors (Lipinski definition) is 8. The summed E-state index contributed by atoms with van der Waals surface area (Å²) in [6, 6.07) is -0.935. The molecule has 1 rings (SSSR count). The molecule has 1 unspecified atom stereocenters. The van der Waals surface area contributed by atoms with Crippen LogP contribution in [0, 0.1) is 10.7 Å². The van der Waals surface area contributed by atoms with Crippen molar-refractivity contribution in [2.45, 2.75) is 25.1 Å². The van der Waals surface area contributed by atoms with E-state index < -0.39 is 35.9 Å². The fourth-order valence-electron chi connectivity index (χ4n) is 2.34.